The number of ether oxygens (including phenoxy) is 1. The summed E-state index contributed by atoms with van der Waals surface area (Å²) in [6.45, 7) is 4.23. The number of hydrogen-bond acceptors (Lipinski definition) is 4. The van der Waals surface area contributed by atoms with Gasteiger partial charge in [-0.3, -0.25) is 9.59 Å². The molecule has 3 rings (SSSR count). The average molecular weight is 543 g/mol. The predicted molar refractivity (Wildman–Crippen MR) is 139 cm³/mol. The van der Waals surface area contributed by atoms with Crippen molar-refractivity contribution >= 4 is 51.2 Å². The highest BCUT2D eigenvalue weighted by Crippen LogP contribution is 2.27. The molecular formula is C26H25BrClN3O3. The molecule has 0 saturated heterocycles. The molecule has 3 aromatic carbocycles. The summed E-state index contributed by atoms with van der Waals surface area (Å²) in [6, 6.07) is 18.8. The second-order valence-corrected chi connectivity index (χ2v) is 8.99. The Hall–Kier alpha value is -3.16. The summed E-state index contributed by atoms with van der Waals surface area (Å²) < 4.78 is 6.58. The molecule has 0 radical (unpaired) electrons. The molecule has 3 aromatic rings. The van der Waals surface area contributed by atoms with Crippen LogP contribution in [-0.2, 0) is 16.2 Å². The highest BCUT2D eigenvalue weighted by atomic mass is 79.9. The van der Waals surface area contributed by atoms with Crippen LogP contribution in [0.4, 0.5) is 5.69 Å². The largest absolute Gasteiger partial charge is 0.488 e. The molecule has 2 amide bonds. The number of carbonyl (C=O) groups is 2. The highest BCUT2D eigenvalue weighted by Gasteiger charge is 2.09. The predicted octanol–water partition coefficient (Wildman–Crippen LogP) is 6.17. The number of benzene rings is 3. The van der Waals surface area contributed by atoms with Gasteiger partial charge < -0.3 is 10.1 Å². The molecule has 0 saturated carbocycles. The summed E-state index contributed by atoms with van der Waals surface area (Å²) in [4.78, 5) is 24.2. The molecular weight excluding hydrogens is 518 g/mol. The van der Waals surface area contributed by atoms with Gasteiger partial charge in [-0.1, -0.05) is 41.9 Å². The lowest BCUT2D eigenvalue weighted by Gasteiger charge is -2.10. The number of anilines is 1. The normalized spacial score (nSPS) is 10.8. The van der Waals surface area contributed by atoms with Crippen LogP contribution in [-0.4, -0.2) is 18.0 Å². The van der Waals surface area contributed by atoms with E-state index in [0.29, 0.717) is 17.4 Å². The van der Waals surface area contributed by atoms with E-state index >= 15 is 0 Å². The number of nitrogens with zero attached hydrogens (tertiary/aromatic N) is 1. The third-order valence-corrected chi connectivity index (χ3v) is 5.93. The summed E-state index contributed by atoms with van der Waals surface area (Å²) in [5.41, 5.74) is 6.90. The fourth-order valence-corrected chi connectivity index (χ4v) is 3.73. The molecule has 0 spiro atoms. The summed E-state index contributed by atoms with van der Waals surface area (Å²) in [6.07, 6.45) is 1.63. The molecule has 6 nitrogen and oxygen atoms in total. The first-order valence-electron chi connectivity index (χ1n) is 10.7. The van der Waals surface area contributed by atoms with Crippen LogP contribution in [0.15, 0.2) is 70.2 Å². The molecule has 8 heteroatoms. The number of hydrogen-bond donors (Lipinski definition) is 2. The lowest BCUT2D eigenvalue weighted by atomic mass is 10.1. The van der Waals surface area contributed by atoms with E-state index in [2.05, 4.69) is 31.8 Å². The van der Waals surface area contributed by atoms with Gasteiger partial charge in [0.1, 0.15) is 12.4 Å². The van der Waals surface area contributed by atoms with Crippen molar-refractivity contribution in [1.82, 2.24) is 5.43 Å². The SMILES string of the molecule is Cc1ccc(C)c(NC(=O)CCC(=O)NN=Cc2ccc(OCc3ccccc3Cl)c(Br)c2)c1. The number of carbonyl (C=O) groups excluding carboxylic acids is 2. The van der Waals surface area contributed by atoms with Gasteiger partial charge >= 0.3 is 0 Å². The lowest BCUT2D eigenvalue weighted by Crippen LogP contribution is -2.20. The Bertz CT molecular complexity index is 1210. The maximum Gasteiger partial charge on any atom is 0.240 e. The first kappa shape index (κ1) is 25.5. The minimum absolute atomic E-state index is 0.0343. The van der Waals surface area contributed by atoms with Gasteiger partial charge in [0.2, 0.25) is 11.8 Å². The molecule has 0 bridgehead atoms. The van der Waals surface area contributed by atoms with E-state index in [0.717, 1.165) is 32.4 Å². The smallest absolute Gasteiger partial charge is 0.240 e. The Morgan fingerprint density at radius 3 is 2.56 bits per heavy atom. The van der Waals surface area contributed by atoms with Gasteiger partial charge in [0.05, 0.1) is 10.7 Å². The molecule has 34 heavy (non-hydrogen) atoms. The summed E-state index contributed by atoms with van der Waals surface area (Å²) in [5, 5.41) is 7.47. The first-order valence-corrected chi connectivity index (χ1v) is 11.8. The third kappa shape index (κ3) is 7.71. The maximum absolute atomic E-state index is 12.2. The van der Waals surface area contributed by atoms with Crippen molar-refractivity contribution in [3.05, 3.63) is 92.4 Å². The molecule has 2 N–H and O–H groups in total. The van der Waals surface area contributed by atoms with Crippen LogP contribution in [0.1, 0.15) is 35.1 Å². The van der Waals surface area contributed by atoms with E-state index in [-0.39, 0.29) is 24.7 Å². The summed E-state index contributed by atoms with van der Waals surface area (Å²) >= 11 is 9.65. The Balaban J connectivity index is 1.44. The first-order chi connectivity index (χ1) is 16.3. The van der Waals surface area contributed by atoms with Gasteiger partial charge in [-0.15, -0.1) is 0 Å². The van der Waals surface area contributed by atoms with Crippen molar-refractivity contribution in [3.8, 4) is 5.75 Å². The van der Waals surface area contributed by atoms with Gasteiger partial charge in [-0.25, -0.2) is 5.43 Å². The van der Waals surface area contributed by atoms with Gasteiger partial charge in [0, 0.05) is 29.1 Å². The van der Waals surface area contributed by atoms with Crippen molar-refractivity contribution in [1.29, 1.82) is 0 Å². The fraction of sp³-hybridized carbons (Fsp3) is 0.192. The highest BCUT2D eigenvalue weighted by molar-refractivity contribution is 9.10. The molecule has 0 heterocycles. The van der Waals surface area contributed by atoms with Crippen LogP contribution in [0.5, 0.6) is 5.75 Å². The zero-order chi connectivity index (χ0) is 24.5. The lowest BCUT2D eigenvalue weighted by molar-refractivity contribution is -0.124. The monoisotopic (exact) mass is 541 g/mol. The molecule has 176 valence electrons. The summed E-state index contributed by atoms with van der Waals surface area (Å²) in [5.74, 6) is 0.103. The standard InChI is InChI=1S/C26H25BrClN3O3/c1-17-7-8-18(2)23(13-17)30-25(32)11-12-26(33)31-29-15-19-9-10-24(21(27)14-19)34-16-20-5-3-4-6-22(20)28/h3-10,13-15H,11-12,16H2,1-2H3,(H,30,32)(H,31,33). The minimum Gasteiger partial charge on any atom is -0.488 e. The molecule has 0 fully saturated rings. The Morgan fingerprint density at radius 1 is 1.03 bits per heavy atom. The zero-order valence-corrected chi connectivity index (χ0v) is 21.2. The van der Waals surface area contributed by atoms with Gasteiger partial charge in [-0.2, -0.15) is 5.10 Å². The number of hydrazone groups is 1. The summed E-state index contributed by atoms with van der Waals surface area (Å²) in [7, 11) is 0. The van der Waals surface area contributed by atoms with Crippen molar-refractivity contribution in [2.45, 2.75) is 33.3 Å². The fourth-order valence-electron chi connectivity index (χ4n) is 3.03. The number of amides is 2. The molecule has 0 atom stereocenters. The van der Waals surface area contributed by atoms with Crippen molar-refractivity contribution in [2.24, 2.45) is 5.10 Å². The van der Waals surface area contributed by atoms with E-state index in [9.17, 15) is 9.59 Å². The van der Waals surface area contributed by atoms with E-state index < -0.39 is 0 Å². The molecule has 0 aliphatic rings. The van der Waals surface area contributed by atoms with Crippen LogP contribution >= 0.6 is 27.5 Å². The number of halogens is 2. The maximum atomic E-state index is 12.2. The van der Waals surface area contributed by atoms with Crippen LogP contribution in [0.2, 0.25) is 5.02 Å². The average Bonchev–Trinajstić information content (AvgIpc) is 2.80. The Labute approximate surface area is 212 Å². The second-order valence-electron chi connectivity index (χ2n) is 7.73. The van der Waals surface area contributed by atoms with E-state index in [4.69, 9.17) is 16.3 Å². The molecule has 0 aromatic heterocycles. The Morgan fingerprint density at radius 2 is 1.79 bits per heavy atom. The third-order valence-electron chi connectivity index (χ3n) is 4.95. The topological polar surface area (TPSA) is 79.8 Å². The quantitative estimate of drug-likeness (QED) is 0.251. The van der Waals surface area contributed by atoms with Crippen LogP contribution in [0.3, 0.4) is 0 Å². The number of rotatable bonds is 9. The van der Waals surface area contributed by atoms with Gasteiger partial charge in [0.15, 0.2) is 0 Å². The van der Waals surface area contributed by atoms with Crippen LogP contribution < -0.4 is 15.5 Å². The van der Waals surface area contributed by atoms with Gasteiger partial charge in [0.25, 0.3) is 0 Å². The van der Waals surface area contributed by atoms with Crippen LogP contribution in [0.25, 0.3) is 0 Å². The van der Waals surface area contributed by atoms with E-state index in [1.807, 2.05) is 74.5 Å². The number of aryl methyl sites for hydroxylation is 2. The Kier molecular flexibility index (Phi) is 9.24. The van der Waals surface area contributed by atoms with Gasteiger partial charge in [-0.05, 0) is 76.8 Å². The van der Waals surface area contributed by atoms with Crippen molar-refractivity contribution in [3.63, 3.8) is 0 Å². The van der Waals surface area contributed by atoms with Crippen molar-refractivity contribution in [2.75, 3.05) is 5.32 Å². The van der Waals surface area contributed by atoms with E-state index in [1.54, 1.807) is 0 Å². The van der Waals surface area contributed by atoms with Crippen molar-refractivity contribution < 1.29 is 14.3 Å². The number of nitrogens with one attached hydrogen (secondary N) is 2. The van der Waals surface area contributed by atoms with Crippen LogP contribution in [0, 0.1) is 13.8 Å². The minimum atomic E-state index is -0.342. The molecule has 0 unspecified atom stereocenters. The molecule has 0 aliphatic heterocycles. The second kappa shape index (κ2) is 12.3. The molecule has 0 aliphatic carbocycles. The zero-order valence-electron chi connectivity index (χ0n) is 18.9. The van der Waals surface area contributed by atoms with E-state index in [1.165, 1.54) is 6.21 Å².